The Balaban J connectivity index is 2.53. The summed E-state index contributed by atoms with van der Waals surface area (Å²) in [6.45, 7) is 7.89. The summed E-state index contributed by atoms with van der Waals surface area (Å²) in [6.07, 6.45) is 5.01. The Morgan fingerprint density at radius 1 is 1.33 bits per heavy atom. The van der Waals surface area contributed by atoms with Crippen molar-refractivity contribution in [3.63, 3.8) is 0 Å². The number of hydrogen-bond donors (Lipinski definition) is 1. The molecule has 1 atom stereocenters. The predicted molar refractivity (Wildman–Crippen MR) is 80.6 cm³/mol. The summed E-state index contributed by atoms with van der Waals surface area (Å²) in [5.41, 5.74) is 0. The highest BCUT2D eigenvalue weighted by molar-refractivity contribution is 7.10. The van der Waals surface area contributed by atoms with Gasteiger partial charge in [-0.15, -0.1) is 11.3 Å². The second kappa shape index (κ2) is 8.54. The minimum atomic E-state index is 0.498. The number of hydrogen-bond acceptors (Lipinski definition) is 3. The molecule has 3 heteroatoms. The van der Waals surface area contributed by atoms with Crippen LogP contribution in [0.15, 0.2) is 11.4 Å². The van der Waals surface area contributed by atoms with Crippen LogP contribution in [-0.2, 0) is 0 Å². The molecule has 0 aromatic carbocycles. The van der Waals surface area contributed by atoms with Crippen molar-refractivity contribution in [1.29, 1.82) is 0 Å². The van der Waals surface area contributed by atoms with Gasteiger partial charge in [0.2, 0.25) is 0 Å². The summed E-state index contributed by atoms with van der Waals surface area (Å²) >= 11 is 1.80. The second-order valence-electron chi connectivity index (χ2n) is 5.22. The zero-order valence-corrected chi connectivity index (χ0v) is 13.0. The van der Waals surface area contributed by atoms with Crippen LogP contribution in [-0.4, -0.2) is 13.7 Å². The lowest BCUT2D eigenvalue weighted by Gasteiger charge is -2.17. The maximum Gasteiger partial charge on any atom is 0.129 e. The minimum Gasteiger partial charge on any atom is -0.496 e. The molecule has 0 spiro atoms. The topological polar surface area (TPSA) is 21.3 Å². The van der Waals surface area contributed by atoms with E-state index < -0.39 is 0 Å². The molecule has 0 saturated heterocycles. The zero-order valence-electron chi connectivity index (χ0n) is 12.2. The maximum atomic E-state index is 5.27. The van der Waals surface area contributed by atoms with Crippen LogP contribution in [0.5, 0.6) is 5.75 Å². The lowest BCUT2D eigenvalue weighted by atomic mass is 10.0. The Bertz CT molecular complexity index is 322. The largest absolute Gasteiger partial charge is 0.496 e. The molecule has 18 heavy (non-hydrogen) atoms. The molecule has 0 fully saturated rings. The Morgan fingerprint density at radius 3 is 2.67 bits per heavy atom. The fraction of sp³-hybridized carbons (Fsp3) is 0.733. The van der Waals surface area contributed by atoms with Gasteiger partial charge in [-0.05, 0) is 31.4 Å². The number of methoxy groups -OCH3 is 1. The summed E-state index contributed by atoms with van der Waals surface area (Å²) < 4.78 is 5.27. The van der Waals surface area contributed by atoms with Crippen LogP contribution in [0.4, 0.5) is 0 Å². The van der Waals surface area contributed by atoms with Crippen LogP contribution < -0.4 is 10.1 Å². The van der Waals surface area contributed by atoms with E-state index in [0.717, 1.165) is 18.2 Å². The fourth-order valence-corrected chi connectivity index (χ4v) is 2.98. The maximum absolute atomic E-state index is 5.27. The smallest absolute Gasteiger partial charge is 0.129 e. The van der Waals surface area contributed by atoms with Gasteiger partial charge in [0.1, 0.15) is 5.75 Å². The highest BCUT2D eigenvalue weighted by atomic mass is 32.1. The van der Waals surface area contributed by atoms with Crippen molar-refractivity contribution in [3.05, 3.63) is 16.3 Å². The number of nitrogens with one attached hydrogen (secondary N) is 1. The number of ether oxygens (including phenoxy) is 1. The molecular weight excluding hydrogens is 242 g/mol. The molecule has 0 radical (unpaired) electrons. The Kier molecular flexibility index (Phi) is 7.36. The van der Waals surface area contributed by atoms with Gasteiger partial charge in [-0.3, -0.25) is 0 Å². The van der Waals surface area contributed by atoms with E-state index in [-0.39, 0.29) is 0 Å². The average Bonchev–Trinajstić information content (AvgIpc) is 2.81. The van der Waals surface area contributed by atoms with E-state index in [4.69, 9.17) is 4.74 Å². The van der Waals surface area contributed by atoms with Crippen LogP contribution in [0.2, 0.25) is 0 Å². The molecule has 0 saturated carbocycles. The molecule has 104 valence electrons. The van der Waals surface area contributed by atoms with Gasteiger partial charge in [0.05, 0.1) is 7.11 Å². The molecule has 1 rings (SSSR count). The minimum absolute atomic E-state index is 0.498. The summed E-state index contributed by atoms with van der Waals surface area (Å²) in [4.78, 5) is 1.41. The number of rotatable bonds is 9. The number of thiophene rings is 1. The molecule has 1 aromatic rings. The van der Waals surface area contributed by atoms with Gasteiger partial charge in [0.15, 0.2) is 0 Å². The highest BCUT2D eigenvalue weighted by Crippen LogP contribution is 2.30. The van der Waals surface area contributed by atoms with Crippen molar-refractivity contribution in [2.75, 3.05) is 13.7 Å². The van der Waals surface area contributed by atoms with Crippen LogP contribution in [0, 0.1) is 5.92 Å². The van der Waals surface area contributed by atoms with Crippen molar-refractivity contribution in [3.8, 4) is 5.75 Å². The van der Waals surface area contributed by atoms with Gasteiger partial charge in [-0.25, -0.2) is 0 Å². The molecule has 0 bridgehead atoms. The van der Waals surface area contributed by atoms with Crippen LogP contribution in [0.3, 0.4) is 0 Å². The van der Waals surface area contributed by atoms with E-state index in [1.54, 1.807) is 18.4 Å². The molecule has 0 aliphatic rings. The van der Waals surface area contributed by atoms with Crippen LogP contribution in [0.25, 0.3) is 0 Å². The monoisotopic (exact) mass is 269 g/mol. The third kappa shape index (κ3) is 5.40. The highest BCUT2D eigenvalue weighted by Gasteiger charge is 2.13. The Morgan fingerprint density at radius 2 is 2.11 bits per heavy atom. The van der Waals surface area contributed by atoms with E-state index in [2.05, 4.69) is 37.5 Å². The molecule has 0 aliphatic carbocycles. The first-order valence-corrected chi connectivity index (χ1v) is 7.91. The van der Waals surface area contributed by atoms with E-state index in [0.29, 0.717) is 6.04 Å². The predicted octanol–water partition coefficient (Wildman–Crippen LogP) is 4.62. The van der Waals surface area contributed by atoms with Crippen molar-refractivity contribution in [2.24, 2.45) is 5.92 Å². The zero-order chi connectivity index (χ0) is 13.4. The quantitative estimate of drug-likeness (QED) is 0.706. The first kappa shape index (κ1) is 15.5. The summed E-state index contributed by atoms with van der Waals surface area (Å²) in [6, 6.07) is 2.67. The molecule has 1 heterocycles. The molecule has 2 nitrogen and oxygen atoms in total. The Hall–Kier alpha value is -0.540. The van der Waals surface area contributed by atoms with E-state index in [1.165, 1.54) is 30.6 Å². The summed E-state index contributed by atoms with van der Waals surface area (Å²) in [7, 11) is 1.74. The van der Waals surface area contributed by atoms with Crippen LogP contribution in [0.1, 0.15) is 57.4 Å². The van der Waals surface area contributed by atoms with E-state index >= 15 is 0 Å². The van der Waals surface area contributed by atoms with Crippen LogP contribution >= 0.6 is 11.3 Å². The van der Waals surface area contributed by atoms with Gasteiger partial charge in [0.25, 0.3) is 0 Å². The Labute approximate surface area is 116 Å². The SMILES string of the molecule is CCCNC(CCCC(C)C)c1cc(OC)cs1. The van der Waals surface area contributed by atoms with Crippen molar-refractivity contribution in [1.82, 2.24) is 5.32 Å². The van der Waals surface area contributed by atoms with Gasteiger partial charge < -0.3 is 10.1 Å². The molecule has 1 N–H and O–H groups in total. The van der Waals surface area contributed by atoms with Gasteiger partial charge in [-0.2, -0.15) is 0 Å². The van der Waals surface area contributed by atoms with Gasteiger partial charge in [-0.1, -0.05) is 33.6 Å². The molecule has 1 aromatic heterocycles. The third-order valence-corrected chi connectivity index (χ3v) is 4.11. The normalized spacial score (nSPS) is 12.9. The molecular formula is C15H27NOS. The third-order valence-electron chi connectivity index (χ3n) is 3.09. The van der Waals surface area contributed by atoms with Crippen molar-refractivity contribution < 1.29 is 4.74 Å². The average molecular weight is 269 g/mol. The van der Waals surface area contributed by atoms with E-state index in [1.807, 2.05) is 0 Å². The fourth-order valence-electron chi connectivity index (χ4n) is 2.02. The first-order valence-electron chi connectivity index (χ1n) is 7.03. The van der Waals surface area contributed by atoms with Crippen molar-refractivity contribution in [2.45, 2.75) is 52.5 Å². The molecule has 0 amide bonds. The van der Waals surface area contributed by atoms with Crippen molar-refractivity contribution >= 4 is 11.3 Å². The van der Waals surface area contributed by atoms with Gasteiger partial charge >= 0.3 is 0 Å². The molecule has 1 unspecified atom stereocenters. The summed E-state index contributed by atoms with van der Waals surface area (Å²) in [5, 5.41) is 5.75. The molecule has 0 aliphatic heterocycles. The van der Waals surface area contributed by atoms with E-state index in [9.17, 15) is 0 Å². The summed E-state index contributed by atoms with van der Waals surface area (Å²) in [5.74, 6) is 1.79. The first-order chi connectivity index (χ1) is 8.67. The van der Waals surface area contributed by atoms with Gasteiger partial charge in [0, 0.05) is 16.3 Å². The lowest BCUT2D eigenvalue weighted by Crippen LogP contribution is -2.21. The lowest BCUT2D eigenvalue weighted by molar-refractivity contribution is 0.414. The standard InChI is InChI=1S/C15H27NOS/c1-5-9-16-14(8-6-7-12(2)3)15-10-13(17-4)11-18-15/h10-12,14,16H,5-9H2,1-4H3. The second-order valence-corrected chi connectivity index (χ2v) is 6.16.